The van der Waals surface area contributed by atoms with Crippen LogP contribution in [0.25, 0.3) is 88.4 Å². The molecule has 0 atom stereocenters. The number of thiol groups is 1. The van der Waals surface area contributed by atoms with Gasteiger partial charge in [-0.1, -0.05) is 140 Å². The highest BCUT2D eigenvalue weighted by Gasteiger charge is 2.21. The van der Waals surface area contributed by atoms with Gasteiger partial charge in [-0.05, 0) is 88.3 Å². The van der Waals surface area contributed by atoms with E-state index in [1.165, 1.54) is 77.0 Å². The number of hydrogen-bond acceptors (Lipinski definition) is 1. The van der Waals surface area contributed by atoms with Gasteiger partial charge in [0.15, 0.2) is 0 Å². The first-order valence-electron chi connectivity index (χ1n) is 17.7. The fourth-order valence-electron chi connectivity index (χ4n) is 8.11. The second kappa shape index (κ2) is 12.2. The number of rotatable bonds is 5. The van der Waals surface area contributed by atoms with Crippen molar-refractivity contribution in [2.45, 2.75) is 11.8 Å². The molecule has 0 aliphatic heterocycles. The van der Waals surface area contributed by atoms with Gasteiger partial charge in [-0.2, -0.15) is 0 Å². The standard InChI is InChI=1S/C49H34N2S/c1-32-11-5-6-14-39(32)41-28-27-38(31-47(41)52)51-44-17-9-7-15-40(44)42-29-30-46-48(49(42)51)43-16-8-10-18-45(43)50(46)37-25-23-36(24-26-37)35-21-19-34(20-22-35)33-12-3-2-4-13-33/h2-31,52H,1H3. The number of nitrogens with zero attached hydrogens (tertiary/aromatic N) is 2. The van der Waals surface area contributed by atoms with Crippen LogP contribution in [0.3, 0.4) is 0 Å². The average molecular weight is 683 g/mol. The summed E-state index contributed by atoms with van der Waals surface area (Å²) in [5.41, 5.74) is 15.4. The van der Waals surface area contributed by atoms with Gasteiger partial charge >= 0.3 is 0 Å². The van der Waals surface area contributed by atoms with Crippen molar-refractivity contribution in [3.63, 3.8) is 0 Å². The Kier molecular flexibility index (Phi) is 7.16. The molecule has 0 aliphatic rings. The lowest BCUT2D eigenvalue weighted by atomic mass is 10.0. The highest BCUT2D eigenvalue weighted by atomic mass is 32.1. The molecule has 246 valence electrons. The van der Waals surface area contributed by atoms with Crippen LogP contribution in [0, 0.1) is 6.92 Å². The maximum absolute atomic E-state index is 5.07. The number of fused-ring (bicyclic) bond motifs is 7. The summed E-state index contributed by atoms with van der Waals surface area (Å²) < 4.78 is 4.85. The van der Waals surface area contributed by atoms with E-state index in [4.69, 9.17) is 12.6 Å². The Balaban J connectivity index is 1.15. The fraction of sp³-hybridized carbons (Fsp3) is 0.0204. The summed E-state index contributed by atoms with van der Waals surface area (Å²) in [6.45, 7) is 2.16. The maximum Gasteiger partial charge on any atom is 0.0641 e. The van der Waals surface area contributed by atoms with Crippen LogP contribution >= 0.6 is 12.6 Å². The summed E-state index contributed by atoms with van der Waals surface area (Å²) in [5, 5.41) is 4.95. The zero-order valence-electron chi connectivity index (χ0n) is 28.7. The first-order valence-corrected chi connectivity index (χ1v) is 18.2. The van der Waals surface area contributed by atoms with E-state index in [1.807, 2.05) is 0 Å². The minimum Gasteiger partial charge on any atom is -0.309 e. The highest BCUT2D eigenvalue weighted by molar-refractivity contribution is 7.80. The molecule has 0 spiro atoms. The highest BCUT2D eigenvalue weighted by Crippen LogP contribution is 2.43. The molecule has 0 saturated carbocycles. The van der Waals surface area contributed by atoms with Crippen molar-refractivity contribution in [2.75, 3.05) is 0 Å². The third-order valence-corrected chi connectivity index (χ3v) is 11.0. The lowest BCUT2D eigenvalue weighted by molar-refractivity contribution is 1.16. The predicted octanol–water partition coefficient (Wildman–Crippen LogP) is 13.5. The molecule has 2 nitrogen and oxygen atoms in total. The van der Waals surface area contributed by atoms with Crippen LogP contribution in [0.2, 0.25) is 0 Å². The Morgan fingerprint density at radius 3 is 1.63 bits per heavy atom. The van der Waals surface area contributed by atoms with Crippen LogP contribution in [0.5, 0.6) is 0 Å². The van der Waals surface area contributed by atoms with Crippen LogP contribution in [0.4, 0.5) is 0 Å². The third kappa shape index (κ3) is 4.81. The van der Waals surface area contributed by atoms with Crippen molar-refractivity contribution < 1.29 is 0 Å². The summed E-state index contributed by atoms with van der Waals surface area (Å²) in [5.74, 6) is 0. The Morgan fingerprint density at radius 2 is 0.942 bits per heavy atom. The first-order chi connectivity index (χ1) is 25.6. The topological polar surface area (TPSA) is 9.86 Å². The average Bonchev–Trinajstić information content (AvgIpc) is 3.72. The molecule has 0 radical (unpaired) electrons. The molecule has 0 N–H and O–H groups in total. The molecule has 0 aliphatic carbocycles. The summed E-state index contributed by atoms with van der Waals surface area (Å²) in [6.07, 6.45) is 0. The Labute approximate surface area is 308 Å². The molecule has 2 heterocycles. The van der Waals surface area contributed by atoms with Gasteiger partial charge in [-0.15, -0.1) is 12.6 Å². The number of hydrogen-bond donors (Lipinski definition) is 1. The third-order valence-electron chi connectivity index (χ3n) is 10.6. The van der Waals surface area contributed by atoms with Gasteiger partial charge in [-0.25, -0.2) is 0 Å². The van der Waals surface area contributed by atoms with E-state index in [1.54, 1.807) is 0 Å². The van der Waals surface area contributed by atoms with E-state index in [9.17, 15) is 0 Å². The largest absolute Gasteiger partial charge is 0.309 e. The second-order valence-corrected chi connectivity index (χ2v) is 14.0. The number of para-hydroxylation sites is 2. The van der Waals surface area contributed by atoms with Gasteiger partial charge < -0.3 is 9.13 Å². The van der Waals surface area contributed by atoms with Crippen LogP contribution in [-0.4, -0.2) is 9.13 Å². The van der Waals surface area contributed by atoms with Crippen molar-refractivity contribution in [2.24, 2.45) is 0 Å². The minimum atomic E-state index is 0.960. The van der Waals surface area contributed by atoms with E-state index in [-0.39, 0.29) is 0 Å². The van der Waals surface area contributed by atoms with Crippen molar-refractivity contribution in [3.8, 4) is 44.8 Å². The normalized spacial score (nSPS) is 11.7. The smallest absolute Gasteiger partial charge is 0.0641 e. The van der Waals surface area contributed by atoms with E-state index in [2.05, 4.69) is 198 Å². The molecule has 10 aromatic rings. The van der Waals surface area contributed by atoms with Gasteiger partial charge in [0, 0.05) is 37.8 Å². The minimum absolute atomic E-state index is 0.960. The van der Waals surface area contributed by atoms with Gasteiger partial charge in [0.1, 0.15) is 0 Å². The SMILES string of the molecule is Cc1ccccc1-c1ccc(-n2c3ccccc3c3ccc4c(c5ccccc5n4-c4ccc(-c5ccc(-c6ccccc6)cc5)cc4)c32)cc1S. The van der Waals surface area contributed by atoms with Crippen LogP contribution < -0.4 is 0 Å². The Morgan fingerprint density at radius 1 is 0.385 bits per heavy atom. The number of aromatic nitrogens is 2. The van der Waals surface area contributed by atoms with Gasteiger partial charge in [-0.3, -0.25) is 0 Å². The quantitative estimate of drug-likeness (QED) is 0.173. The van der Waals surface area contributed by atoms with E-state index in [0.717, 1.165) is 21.8 Å². The summed E-state index contributed by atoms with van der Waals surface area (Å²) >= 11 is 5.07. The van der Waals surface area contributed by atoms with Crippen LogP contribution in [-0.2, 0) is 0 Å². The van der Waals surface area contributed by atoms with Gasteiger partial charge in [0.05, 0.1) is 22.1 Å². The fourth-order valence-corrected chi connectivity index (χ4v) is 8.43. The molecule has 0 unspecified atom stereocenters. The second-order valence-electron chi connectivity index (χ2n) is 13.6. The molecule has 0 amide bonds. The molecule has 52 heavy (non-hydrogen) atoms. The Bertz CT molecular complexity index is 2950. The zero-order valence-corrected chi connectivity index (χ0v) is 29.6. The molecule has 3 heteroatoms. The van der Waals surface area contributed by atoms with E-state index in [0.29, 0.717) is 0 Å². The van der Waals surface area contributed by atoms with Gasteiger partial charge in [0.2, 0.25) is 0 Å². The molecule has 2 aromatic heterocycles. The maximum atomic E-state index is 5.07. The molecule has 0 saturated heterocycles. The zero-order chi connectivity index (χ0) is 34.8. The van der Waals surface area contributed by atoms with Crippen molar-refractivity contribution in [1.82, 2.24) is 9.13 Å². The van der Waals surface area contributed by atoms with Gasteiger partial charge in [0.25, 0.3) is 0 Å². The van der Waals surface area contributed by atoms with E-state index >= 15 is 0 Å². The molecule has 10 rings (SSSR count). The molecule has 0 bridgehead atoms. The number of aryl methyl sites for hydroxylation is 1. The van der Waals surface area contributed by atoms with Crippen LogP contribution in [0.15, 0.2) is 187 Å². The summed E-state index contributed by atoms with van der Waals surface area (Å²) in [6, 6.07) is 65.8. The predicted molar refractivity (Wildman–Crippen MR) is 223 cm³/mol. The molecule has 8 aromatic carbocycles. The Hall–Kier alpha value is -6.29. The summed E-state index contributed by atoms with van der Waals surface area (Å²) in [7, 11) is 0. The monoisotopic (exact) mass is 682 g/mol. The molecular formula is C49H34N2S. The van der Waals surface area contributed by atoms with Crippen LogP contribution in [0.1, 0.15) is 5.56 Å². The van der Waals surface area contributed by atoms with Crippen molar-refractivity contribution in [1.29, 1.82) is 0 Å². The number of benzene rings is 8. The molecular weight excluding hydrogens is 649 g/mol. The molecule has 0 fully saturated rings. The lowest BCUT2D eigenvalue weighted by Crippen LogP contribution is -1.96. The van der Waals surface area contributed by atoms with E-state index < -0.39 is 0 Å². The van der Waals surface area contributed by atoms with Crippen molar-refractivity contribution >= 4 is 56.2 Å². The summed E-state index contributed by atoms with van der Waals surface area (Å²) in [4.78, 5) is 0.960. The van der Waals surface area contributed by atoms with Crippen molar-refractivity contribution in [3.05, 3.63) is 188 Å². The first kappa shape index (κ1) is 30.5. The lowest BCUT2D eigenvalue weighted by Gasteiger charge is -2.14.